The zero-order valence-electron chi connectivity index (χ0n) is 21.8. The molecular formula is C27H32N10O. The maximum atomic E-state index is 10.3. The first kappa shape index (κ1) is 24.3. The molecule has 0 aliphatic carbocycles. The lowest BCUT2D eigenvalue weighted by Gasteiger charge is -2.33. The minimum absolute atomic E-state index is 0.381. The molecule has 1 aliphatic rings. The fourth-order valence-corrected chi connectivity index (χ4v) is 4.90. The van der Waals surface area contributed by atoms with Gasteiger partial charge in [-0.05, 0) is 37.6 Å². The van der Waals surface area contributed by atoms with Crippen LogP contribution in [-0.2, 0) is 0 Å². The van der Waals surface area contributed by atoms with Crippen LogP contribution in [0.5, 0.6) is 0 Å². The standard InChI is InChI=1S/C27H32N10O/c1-16(2)10-22(38)31-19-11-17(13-28-15-19)18-12-20-23(34-35-25(20)30-14-18)26-32-21-4-5-29-27(24(21)33-26)37-8-6-36(3)7-9-37/h4-5,11-16,22,31,38H,6-10H2,1-3H3,(H,32,33)(H,30,34,35). The van der Waals surface area contributed by atoms with Crippen molar-refractivity contribution in [2.75, 3.05) is 43.4 Å². The molecule has 5 aromatic rings. The number of nitrogens with one attached hydrogen (secondary N) is 3. The molecule has 0 amide bonds. The van der Waals surface area contributed by atoms with Crippen LogP contribution in [0.3, 0.4) is 0 Å². The largest absolute Gasteiger partial charge is 0.374 e. The highest BCUT2D eigenvalue weighted by molar-refractivity contribution is 5.95. The van der Waals surface area contributed by atoms with Crippen LogP contribution < -0.4 is 10.2 Å². The van der Waals surface area contributed by atoms with Crippen molar-refractivity contribution in [2.24, 2.45) is 5.92 Å². The number of aromatic amines is 2. The summed E-state index contributed by atoms with van der Waals surface area (Å²) in [6.07, 6.45) is 7.13. The van der Waals surface area contributed by atoms with Crippen LogP contribution in [0.25, 0.3) is 44.7 Å². The number of anilines is 2. The van der Waals surface area contributed by atoms with Gasteiger partial charge in [0.15, 0.2) is 17.3 Å². The second-order valence-corrected chi connectivity index (χ2v) is 10.4. The second kappa shape index (κ2) is 9.99. The van der Waals surface area contributed by atoms with Crippen molar-refractivity contribution in [2.45, 2.75) is 26.5 Å². The Hall–Kier alpha value is -4.09. The van der Waals surface area contributed by atoms with E-state index in [1.807, 2.05) is 24.4 Å². The molecule has 0 radical (unpaired) electrons. The molecule has 38 heavy (non-hydrogen) atoms. The summed E-state index contributed by atoms with van der Waals surface area (Å²) in [4.78, 5) is 26.6. The molecule has 196 valence electrons. The molecule has 0 aromatic carbocycles. The zero-order chi connectivity index (χ0) is 26.2. The molecular weight excluding hydrogens is 480 g/mol. The second-order valence-electron chi connectivity index (χ2n) is 10.4. The summed E-state index contributed by atoms with van der Waals surface area (Å²) in [7, 11) is 2.14. The average Bonchev–Trinajstić information content (AvgIpc) is 3.52. The van der Waals surface area contributed by atoms with E-state index >= 15 is 0 Å². The van der Waals surface area contributed by atoms with E-state index in [2.05, 4.69) is 66.1 Å². The number of aromatic nitrogens is 7. The number of pyridine rings is 3. The molecule has 0 saturated carbocycles. The summed E-state index contributed by atoms with van der Waals surface area (Å²) >= 11 is 0. The first-order chi connectivity index (χ1) is 18.4. The average molecular weight is 513 g/mol. The summed E-state index contributed by atoms with van der Waals surface area (Å²) < 4.78 is 0. The van der Waals surface area contributed by atoms with Gasteiger partial charge < -0.3 is 25.2 Å². The molecule has 1 atom stereocenters. The summed E-state index contributed by atoms with van der Waals surface area (Å²) in [5.41, 5.74) is 5.69. The van der Waals surface area contributed by atoms with Gasteiger partial charge in [0.1, 0.15) is 17.4 Å². The number of hydrogen-bond acceptors (Lipinski definition) is 9. The first-order valence-electron chi connectivity index (χ1n) is 13.0. The number of rotatable bonds is 7. The summed E-state index contributed by atoms with van der Waals surface area (Å²) in [5, 5.41) is 21.8. The monoisotopic (exact) mass is 512 g/mol. The predicted molar refractivity (Wildman–Crippen MR) is 149 cm³/mol. The summed E-state index contributed by atoms with van der Waals surface area (Å²) in [6, 6.07) is 5.96. The number of fused-ring (bicyclic) bond motifs is 2. The third-order valence-electron chi connectivity index (χ3n) is 6.93. The van der Waals surface area contributed by atoms with Crippen LogP contribution >= 0.6 is 0 Å². The smallest absolute Gasteiger partial charge is 0.181 e. The Morgan fingerprint density at radius 2 is 1.87 bits per heavy atom. The quantitative estimate of drug-likeness (QED) is 0.242. The molecule has 6 heterocycles. The van der Waals surface area contributed by atoms with Gasteiger partial charge in [-0.1, -0.05) is 13.8 Å². The topological polar surface area (TPSA) is 135 Å². The molecule has 11 heteroatoms. The van der Waals surface area contributed by atoms with Gasteiger partial charge in [-0.15, -0.1) is 0 Å². The van der Waals surface area contributed by atoms with Crippen molar-refractivity contribution >= 4 is 33.6 Å². The number of piperazine rings is 1. The first-order valence-corrected chi connectivity index (χ1v) is 13.0. The molecule has 1 saturated heterocycles. The molecule has 5 aromatic heterocycles. The van der Waals surface area contributed by atoms with Gasteiger partial charge in [-0.3, -0.25) is 10.1 Å². The zero-order valence-corrected chi connectivity index (χ0v) is 21.8. The van der Waals surface area contributed by atoms with E-state index in [-0.39, 0.29) is 0 Å². The van der Waals surface area contributed by atoms with Gasteiger partial charge in [0.25, 0.3) is 0 Å². The fourth-order valence-electron chi connectivity index (χ4n) is 4.90. The molecule has 1 fully saturated rings. The minimum atomic E-state index is -0.633. The number of imidazole rings is 1. The van der Waals surface area contributed by atoms with Gasteiger partial charge >= 0.3 is 0 Å². The van der Waals surface area contributed by atoms with Crippen molar-refractivity contribution in [3.05, 3.63) is 43.0 Å². The van der Waals surface area contributed by atoms with Crippen LogP contribution in [0.2, 0.25) is 0 Å². The van der Waals surface area contributed by atoms with E-state index in [4.69, 9.17) is 4.98 Å². The normalized spacial score (nSPS) is 15.6. The predicted octanol–water partition coefficient (Wildman–Crippen LogP) is 3.49. The number of H-pyrrole nitrogens is 2. The number of likely N-dealkylation sites (N-methyl/N-ethyl adjacent to an activating group) is 1. The Bertz CT molecular complexity index is 1570. The molecule has 1 aliphatic heterocycles. The van der Waals surface area contributed by atoms with Gasteiger partial charge in [0.05, 0.1) is 22.8 Å². The van der Waals surface area contributed by atoms with Crippen molar-refractivity contribution in [1.82, 2.24) is 40.0 Å². The number of aliphatic hydroxyl groups is 1. The van der Waals surface area contributed by atoms with Crippen molar-refractivity contribution in [3.8, 4) is 22.6 Å². The third-order valence-corrected chi connectivity index (χ3v) is 6.93. The highest BCUT2D eigenvalue weighted by Crippen LogP contribution is 2.31. The van der Waals surface area contributed by atoms with Crippen molar-refractivity contribution < 1.29 is 5.11 Å². The Morgan fingerprint density at radius 1 is 1.05 bits per heavy atom. The Kier molecular flexibility index (Phi) is 6.38. The lowest BCUT2D eigenvalue weighted by Crippen LogP contribution is -2.44. The van der Waals surface area contributed by atoms with E-state index in [0.29, 0.717) is 23.8 Å². The molecule has 4 N–H and O–H groups in total. The van der Waals surface area contributed by atoms with Crippen LogP contribution in [0.4, 0.5) is 11.5 Å². The molecule has 6 rings (SSSR count). The fraction of sp³-hybridized carbons (Fsp3) is 0.370. The van der Waals surface area contributed by atoms with Crippen LogP contribution in [-0.4, -0.2) is 84.6 Å². The van der Waals surface area contributed by atoms with Crippen LogP contribution in [0.1, 0.15) is 20.3 Å². The molecule has 1 unspecified atom stereocenters. The van der Waals surface area contributed by atoms with Gasteiger partial charge in [0.2, 0.25) is 0 Å². The number of aliphatic hydroxyl groups excluding tert-OH is 1. The van der Waals surface area contributed by atoms with Crippen molar-refractivity contribution in [1.29, 1.82) is 0 Å². The third kappa shape index (κ3) is 4.77. The summed E-state index contributed by atoms with van der Waals surface area (Å²) in [6.45, 7) is 7.99. The number of nitrogens with zero attached hydrogens (tertiary/aromatic N) is 7. The maximum Gasteiger partial charge on any atom is 0.181 e. The Balaban J connectivity index is 1.33. The van der Waals surface area contributed by atoms with E-state index in [9.17, 15) is 5.11 Å². The lowest BCUT2D eigenvalue weighted by molar-refractivity contribution is 0.176. The van der Waals surface area contributed by atoms with Crippen LogP contribution in [0.15, 0.2) is 43.0 Å². The minimum Gasteiger partial charge on any atom is -0.374 e. The molecule has 0 bridgehead atoms. The van der Waals surface area contributed by atoms with E-state index in [1.54, 1.807) is 18.6 Å². The lowest BCUT2D eigenvalue weighted by atomic mass is 10.1. The van der Waals surface area contributed by atoms with Gasteiger partial charge in [-0.2, -0.15) is 5.10 Å². The van der Waals surface area contributed by atoms with E-state index in [1.165, 1.54) is 0 Å². The highest BCUT2D eigenvalue weighted by atomic mass is 16.3. The highest BCUT2D eigenvalue weighted by Gasteiger charge is 2.21. The SMILES string of the molecule is CC(C)CC(O)Nc1cncc(-c2cnc3n[nH]c(-c4nc5c(N6CCN(C)CC6)nccc5[nH]4)c3c2)c1. The van der Waals surface area contributed by atoms with Gasteiger partial charge in [-0.25, -0.2) is 15.0 Å². The number of hydrogen-bond donors (Lipinski definition) is 4. The van der Waals surface area contributed by atoms with Gasteiger partial charge in [0, 0.05) is 55.9 Å². The van der Waals surface area contributed by atoms with E-state index < -0.39 is 6.23 Å². The molecule has 0 spiro atoms. The Morgan fingerprint density at radius 3 is 2.68 bits per heavy atom. The maximum absolute atomic E-state index is 10.3. The summed E-state index contributed by atoms with van der Waals surface area (Å²) in [5.74, 6) is 1.97. The van der Waals surface area contributed by atoms with Crippen LogP contribution in [0, 0.1) is 5.92 Å². The molecule has 11 nitrogen and oxygen atoms in total. The van der Waals surface area contributed by atoms with E-state index in [0.717, 1.165) is 70.9 Å². The Labute approximate surface area is 220 Å². The van der Waals surface area contributed by atoms with Crippen molar-refractivity contribution in [3.63, 3.8) is 0 Å².